The van der Waals surface area contributed by atoms with Crippen LogP contribution >= 0.6 is 0 Å². The third-order valence-corrected chi connectivity index (χ3v) is 3.77. The van der Waals surface area contributed by atoms with Gasteiger partial charge in [0, 0.05) is 6.42 Å². The normalized spacial score (nSPS) is 16.0. The molecule has 0 bridgehead atoms. The second-order valence-electron chi connectivity index (χ2n) is 8.22. The van der Waals surface area contributed by atoms with E-state index in [2.05, 4.69) is 13.8 Å². The van der Waals surface area contributed by atoms with E-state index < -0.39 is 17.2 Å². The van der Waals surface area contributed by atoms with Crippen molar-refractivity contribution in [2.75, 3.05) is 6.61 Å². The molecule has 2 unspecified atom stereocenters. The van der Waals surface area contributed by atoms with Crippen LogP contribution in [0.15, 0.2) is 0 Å². The number of hydrogen-bond acceptors (Lipinski definition) is 5. The first-order valence-corrected chi connectivity index (χ1v) is 9.24. The minimum absolute atomic E-state index is 0.300. The Balaban J connectivity index is 4.55. The van der Waals surface area contributed by atoms with Crippen molar-refractivity contribution in [1.29, 1.82) is 0 Å². The molecule has 0 N–H and O–H groups in total. The highest BCUT2D eigenvalue weighted by Gasteiger charge is 2.35. The third kappa shape index (κ3) is 10.3. The van der Waals surface area contributed by atoms with Crippen LogP contribution in [0.25, 0.3) is 0 Å². The van der Waals surface area contributed by atoms with Crippen molar-refractivity contribution < 1.29 is 24.3 Å². The van der Waals surface area contributed by atoms with Gasteiger partial charge in [0.15, 0.2) is 0 Å². The molecule has 5 heteroatoms. The van der Waals surface area contributed by atoms with Crippen LogP contribution in [0.5, 0.6) is 0 Å². The van der Waals surface area contributed by atoms with Crippen LogP contribution in [0, 0.1) is 17.3 Å². The van der Waals surface area contributed by atoms with Crippen molar-refractivity contribution in [2.45, 2.75) is 93.3 Å². The summed E-state index contributed by atoms with van der Waals surface area (Å²) in [7, 11) is 0. The number of hydrogen-bond donors (Lipinski definition) is 0. The zero-order chi connectivity index (χ0) is 18.8. The van der Waals surface area contributed by atoms with E-state index in [0.29, 0.717) is 24.9 Å². The molecule has 0 aromatic heterocycles. The van der Waals surface area contributed by atoms with E-state index in [1.165, 1.54) is 12.8 Å². The molecule has 0 aliphatic carbocycles. The largest absolute Gasteiger partial charge is 0.347 e. The smallest absolute Gasteiger partial charge is 0.295 e. The van der Waals surface area contributed by atoms with Crippen LogP contribution in [0.3, 0.4) is 0 Å². The fourth-order valence-corrected chi connectivity index (χ4v) is 2.23. The van der Waals surface area contributed by atoms with Gasteiger partial charge < -0.3 is 0 Å². The van der Waals surface area contributed by atoms with Gasteiger partial charge in [-0.05, 0) is 46.0 Å². The summed E-state index contributed by atoms with van der Waals surface area (Å²) in [5.41, 5.74) is -0.632. The molecule has 5 nitrogen and oxygen atoms in total. The fraction of sp³-hybridized carbons (Fsp3) is 0.947. The summed E-state index contributed by atoms with van der Waals surface area (Å²) in [6, 6.07) is 0. The number of unbranched alkanes of at least 4 members (excludes halogenated alkanes) is 1. The zero-order valence-electron chi connectivity index (χ0n) is 16.9. The number of carbonyl (C=O) groups excluding carboxylic acids is 1. The molecule has 0 radical (unpaired) electrons. The molecule has 0 aliphatic heterocycles. The highest BCUT2D eigenvalue weighted by Crippen LogP contribution is 2.26. The summed E-state index contributed by atoms with van der Waals surface area (Å²) >= 11 is 0. The molecule has 0 aromatic rings. The summed E-state index contributed by atoms with van der Waals surface area (Å²) in [6.45, 7) is 16.0. The van der Waals surface area contributed by atoms with E-state index >= 15 is 0 Å². The first-order chi connectivity index (χ1) is 11.0. The average Bonchev–Trinajstić information content (AvgIpc) is 2.46. The van der Waals surface area contributed by atoms with E-state index in [-0.39, 0.29) is 0 Å². The minimum Gasteiger partial charge on any atom is -0.295 e. The average molecular weight is 347 g/mol. The molecular weight excluding hydrogens is 308 g/mol. The van der Waals surface area contributed by atoms with Gasteiger partial charge in [-0.3, -0.25) is 4.89 Å². The molecule has 144 valence electrons. The standard InChI is InChI=1S/C19H38O5/c1-9-11-12-16(10-2)14-21-23-19(8,13-15(3)4)24-22-17(20)18(5,6)7/h15-16H,9-14H2,1-8H3. The zero-order valence-corrected chi connectivity index (χ0v) is 16.9. The Labute approximate surface area is 148 Å². The summed E-state index contributed by atoms with van der Waals surface area (Å²) in [4.78, 5) is 33.2. The van der Waals surface area contributed by atoms with Crippen molar-refractivity contribution in [3.05, 3.63) is 0 Å². The Bertz CT molecular complexity index is 348. The lowest BCUT2D eigenvalue weighted by atomic mass is 9.98. The van der Waals surface area contributed by atoms with Gasteiger partial charge in [-0.15, -0.1) is 4.89 Å². The van der Waals surface area contributed by atoms with Crippen LogP contribution in [-0.2, 0) is 24.3 Å². The molecule has 0 aromatic carbocycles. The highest BCUT2D eigenvalue weighted by atomic mass is 17.3. The predicted molar refractivity (Wildman–Crippen MR) is 94.8 cm³/mol. The van der Waals surface area contributed by atoms with E-state index in [4.69, 9.17) is 19.6 Å². The van der Waals surface area contributed by atoms with Crippen molar-refractivity contribution in [2.24, 2.45) is 17.3 Å². The monoisotopic (exact) mass is 346 g/mol. The second-order valence-corrected chi connectivity index (χ2v) is 8.22. The maximum Gasteiger partial charge on any atom is 0.347 e. The Hall–Kier alpha value is -0.650. The van der Waals surface area contributed by atoms with Gasteiger partial charge >= 0.3 is 5.97 Å². The van der Waals surface area contributed by atoms with E-state index in [0.717, 1.165) is 12.8 Å². The highest BCUT2D eigenvalue weighted by molar-refractivity contribution is 5.74. The maximum absolute atomic E-state index is 11.9. The second kappa shape index (κ2) is 11.1. The van der Waals surface area contributed by atoms with Gasteiger partial charge in [0.2, 0.25) is 5.79 Å². The van der Waals surface area contributed by atoms with Gasteiger partial charge in [0.25, 0.3) is 0 Å². The van der Waals surface area contributed by atoms with E-state index in [1.54, 1.807) is 27.7 Å². The molecule has 0 amide bonds. The first-order valence-electron chi connectivity index (χ1n) is 9.24. The molecular formula is C19H38O5. The molecule has 0 saturated heterocycles. The third-order valence-electron chi connectivity index (χ3n) is 3.77. The fourth-order valence-electron chi connectivity index (χ4n) is 2.23. The lowest BCUT2D eigenvalue weighted by molar-refractivity contribution is -0.497. The summed E-state index contributed by atoms with van der Waals surface area (Å²) in [5, 5.41) is 0. The van der Waals surface area contributed by atoms with Crippen molar-refractivity contribution in [3.8, 4) is 0 Å². The van der Waals surface area contributed by atoms with Gasteiger partial charge in [0.1, 0.15) is 0 Å². The van der Waals surface area contributed by atoms with Gasteiger partial charge in [-0.25, -0.2) is 9.68 Å². The Morgan fingerprint density at radius 3 is 2.12 bits per heavy atom. The number of rotatable bonds is 12. The maximum atomic E-state index is 11.9. The molecule has 0 heterocycles. The van der Waals surface area contributed by atoms with Crippen molar-refractivity contribution in [3.63, 3.8) is 0 Å². The molecule has 2 atom stereocenters. The lowest BCUT2D eigenvalue weighted by Crippen LogP contribution is -2.37. The van der Waals surface area contributed by atoms with Crippen LogP contribution in [0.2, 0.25) is 0 Å². The Morgan fingerprint density at radius 2 is 1.67 bits per heavy atom. The minimum atomic E-state index is -1.11. The quantitative estimate of drug-likeness (QED) is 0.268. The van der Waals surface area contributed by atoms with Crippen LogP contribution in [0.4, 0.5) is 0 Å². The van der Waals surface area contributed by atoms with E-state index in [1.807, 2.05) is 13.8 Å². The Morgan fingerprint density at radius 1 is 1.04 bits per heavy atom. The van der Waals surface area contributed by atoms with Crippen molar-refractivity contribution >= 4 is 5.97 Å². The molecule has 0 spiro atoms. The lowest BCUT2D eigenvalue weighted by Gasteiger charge is -2.29. The molecule has 0 fully saturated rings. The van der Waals surface area contributed by atoms with Crippen LogP contribution in [-0.4, -0.2) is 18.4 Å². The first kappa shape index (κ1) is 23.4. The summed E-state index contributed by atoms with van der Waals surface area (Å²) < 4.78 is 0. The summed E-state index contributed by atoms with van der Waals surface area (Å²) in [6.07, 6.45) is 5.08. The van der Waals surface area contributed by atoms with Crippen LogP contribution < -0.4 is 0 Å². The SMILES string of the molecule is CCCCC(CC)COOC(C)(CC(C)C)OOC(=O)C(C)(C)C. The molecule has 0 rings (SSSR count). The summed E-state index contributed by atoms with van der Waals surface area (Å²) in [5.74, 6) is -0.784. The molecule has 24 heavy (non-hydrogen) atoms. The van der Waals surface area contributed by atoms with Crippen molar-refractivity contribution in [1.82, 2.24) is 0 Å². The molecule has 0 aliphatic rings. The van der Waals surface area contributed by atoms with Gasteiger partial charge in [-0.2, -0.15) is 4.89 Å². The topological polar surface area (TPSA) is 54.0 Å². The predicted octanol–water partition coefficient (Wildman–Crippen LogP) is 5.43. The van der Waals surface area contributed by atoms with Gasteiger partial charge in [-0.1, -0.05) is 47.0 Å². The molecule has 0 saturated carbocycles. The van der Waals surface area contributed by atoms with Gasteiger partial charge in [0.05, 0.1) is 12.0 Å². The number of carbonyl (C=O) groups is 1. The van der Waals surface area contributed by atoms with Crippen LogP contribution in [0.1, 0.15) is 87.5 Å². The Kier molecular flexibility index (Phi) is 10.8. The van der Waals surface area contributed by atoms with E-state index in [9.17, 15) is 4.79 Å².